The van der Waals surface area contributed by atoms with Gasteiger partial charge in [-0.2, -0.15) is 0 Å². The topological polar surface area (TPSA) is 60.4 Å². The largest absolute Gasteiger partial charge is 0.495 e. The number of rotatable bonds is 6. The Morgan fingerprint density at radius 2 is 1.96 bits per heavy atom. The first-order valence-corrected chi connectivity index (χ1v) is 8.99. The van der Waals surface area contributed by atoms with E-state index >= 15 is 0 Å². The van der Waals surface area contributed by atoms with Crippen LogP contribution in [0.4, 0.5) is 5.69 Å². The van der Waals surface area contributed by atoms with E-state index in [9.17, 15) is 4.79 Å². The molecule has 0 aromatic heterocycles. The van der Waals surface area contributed by atoms with Crippen LogP contribution in [0.5, 0.6) is 11.5 Å². The Labute approximate surface area is 163 Å². The number of nitrogens with zero attached hydrogens (tertiary/aromatic N) is 2. The number of amides is 1. The summed E-state index contributed by atoms with van der Waals surface area (Å²) in [5.41, 5.74) is 1.64. The predicted molar refractivity (Wildman–Crippen MR) is 105 cm³/mol. The molecule has 1 saturated heterocycles. The number of hydrogen-bond donors (Lipinski definition) is 0. The van der Waals surface area contributed by atoms with Crippen LogP contribution < -0.4 is 9.47 Å². The summed E-state index contributed by atoms with van der Waals surface area (Å²) in [4.78, 5) is 18.2. The molecule has 2 aromatic rings. The van der Waals surface area contributed by atoms with Crippen LogP contribution in [0, 0.1) is 0 Å². The van der Waals surface area contributed by atoms with Crippen LogP contribution in [0.3, 0.4) is 0 Å². The zero-order valence-corrected chi connectivity index (χ0v) is 15.8. The SMILES string of the molecule is COc1ccc(N=Cc2ccc(OCC(=O)N3CCOCC3)cc2)cc1Cl. The molecule has 0 spiro atoms. The summed E-state index contributed by atoms with van der Waals surface area (Å²) >= 11 is 6.10. The van der Waals surface area contributed by atoms with Crippen molar-refractivity contribution in [2.24, 2.45) is 4.99 Å². The van der Waals surface area contributed by atoms with Crippen LogP contribution in [0.25, 0.3) is 0 Å². The summed E-state index contributed by atoms with van der Waals surface area (Å²) in [6.45, 7) is 2.43. The van der Waals surface area contributed by atoms with Crippen molar-refractivity contribution in [2.75, 3.05) is 40.0 Å². The average Bonchev–Trinajstić information content (AvgIpc) is 2.72. The van der Waals surface area contributed by atoms with Crippen molar-refractivity contribution in [1.29, 1.82) is 0 Å². The van der Waals surface area contributed by atoms with Gasteiger partial charge in [0.25, 0.3) is 5.91 Å². The van der Waals surface area contributed by atoms with Gasteiger partial charge in [0.05, 0.1) is 31.0 Å². The first-order chi connectivity index (χ1) is 13.2. The highest BCUT2D eigenvalue weighted by molar-refractivity contribution is 6.32. The third-order valence-electron chi connectivity index (χ3n) is 4.10. The van der Waals surface area contributed by atoms with Gasteiger partial charge in [0.1, 0.15) is 11.5 Å². The van der Waals surface area contributed by atoms with Gasteiger partial charge in [-0.1, -0.05) is 11.6 Å². The molecular weight excluding hydrogens is 368 g/mol. The molecule has 0 N–H and O–H groups in total. The molecule has 7 heteroatoms. The number of halogens is 1. The number of methoxy groups -OCH3 is 1. The monoisotopic (exact) mass is 388 g/mol. The molecule has 0 radical (unpaired) electrons. The number of hydrogen-bond acceptors (Lipinski definition) is 5. The van der Waals surface area contributed by atoms with Crippen molar-refractivity contribution in [3.05, 3.63) is 53.1 Å². The third kappa shape index (κ3) is 5.45. The summed E-state index contributed by atoms with van der Waals surface area (Å²) in [7, 11) is 1.57. The van der Waals surface area contributed by atoms with Crippen LogP contribution in [-0.4, -0.2) is 57.0 Å². The van der Waals surface area contributed by atoms with Crippen molar-refractivity contribution >= 4 is 29.4 Å². The van der Waals surface area contributed by atoms with E-state index < -0.39 is 0 Å². The smallest absolute Gasteiger partial charge is 0.260 e. The minimum absolute atomic E-state index is 0.0256. The number of carbonyl (C=O) groups is 1. The number of morpholine rings is 1. The molecular formula is C20H21ClN2O4. The quantitative estimate of drug-likeness (QED) is 0.712. The van der Waals surface area contributed by atoms with Crippen LogP contribution in [0.15, 0.2) is 47.5 Å². The Kier molecular flexibility index (Phi) is 6.68. The van der Waals surface area contributed by atoms with Crippen molar-refractivity contribution in [2.45, 2.75) is 0 Å². The molecule has 6 nitrogen and oxygen atoms in total. The first kappa shape index (κ1) is 19.2. The Balaban J connectivity index is 1.53. The lowest BCUT2D eigenvalue weighted by molar-refractivity contribution is -0.137. The van der Waals surface area contributed by atoms with Crippen molar-refractivity contribution in [3.8, 4) is 11.5 Å². The number of benzene rings is 2. The number of carbonyl (C=O) groups excluding carboxylic acids is 1. The molecule has 0 bridgehead atoms. The maximum absolute atomic E-state index is 12.1. The van der Waals surface area contributed by atoms with Gasteiger partial charge < -0.3 is 19.1 Å². The van der Waals surface area contributed by atoms with E-state index in [-0.39, 0.29) is 12.5 Å². The maximum atomic E-state index is 12.1. The van der Waals surface area contributed by atoms with Crippen LogP contribution in [0.2, 0.25) is 5.02 Å². The zero-order valence-electron chi connectivity index (χ0n) is 15.1. The molecule has 1 aliphatic heterocycles. The van der Waals surface area contributed by atoms with Gasteiger partial charge in [0, 0.05) is 19.3 Å². The van der Waals surface area contributed by atoms with Crippen LogP contribution in [-0.2, 0) is 9.53 Å². The van der Waals surface area contributed by atoms with E-state index in [2.05, 4.69) is 4.99 Å². The van der Waals surface area contributed by atoms with Gasteiger partial charge in [0.15, 0.2) is 6.61 Å². The second-order valence-electron chi connectivity index (χ2n) is 5.93. The highest BCUT2D eigenvalue weighted by Crippen LogP contribution is 2.28. The molecule has 1 heterocycles. The molecule has 1 fully saturated rings. The lowest BCUT2D eigenvalue weighted by Gasteiger charge is -2.26. The normalized spacial score (nSPS) is 14.4. The Morgan fingerprint density at radius 3 is 2.63 bits per heavy atom. The lowest BCUT2D eigenvalue weighted by Crippen LogP contribution is -2.42. The van der Waals surface area contributed by atoms with E-state index in [4.69, 9.17) is 25.8 Å². The molecule has 27 heavy (non-hydrogen) atoms. The predicted octanol–water partition coefficient (Wildman–Crippen LogP) is 3.34. The molecule has 142 valence electrons. The Hall–Kier alpha value is -2.57. The summed E-state index contributed by atoms with van der Waals surface area (Å²) in [5.74, 6) is 1.23. The number of aliphatic imine (C=N–C) groups is 1. The second-order valence-corrected chi connectivity index (χ2v) is 6.34. The second kappa shape index (κ2) is 9.39. The van der Waals surface area contributed by atoms with E-state index in [1.807, 2.05) is 30.3 Å². The van der Waals surface area contributed by atoms with Crippen molar-refractivity contribution < 1.29 is 19.0 Å². The van der Waals surface area contributed by atoms with Crippen LogP contribution in [0.1, 0.15) is 5.56 Å². The molecule has 0 aliphatic carbocycles. The van der Waals surface area contributed by atoms with Gasteiger partial charge in [0.2, 0.25) is 0 Å². The third-order valence-corrected chi connectivity index (χ3v) is 4.40. The van der Waals surface area contributed by atoms with Crippen molar-refractivity contribution in [1.82, 2.24) is 4.90 Å². The maximum Gasteiger partial charge on any atom is 0.260 e. The van der Waals surface area contributed by atoms with Crippen molar-refractivity contribution in [3.63, 3.8) is 0 Å². The van der Waals surface area contributed by atoms with Gasteiger partial charge in [-0.3, -0.25) is 9.79 Å². The summed E-state index contributed by atoms with van der Waals surface area (Å²) < 4.78 is 15.9. The lowest BCUT2D eigenvalue weighted by atomic mass is 10.2. The summed E-state index contributed by atoms with van der Waals surface area (Å²) in [6.07, 6.45) is 1.74. The Bertz CT molecular complexity index is 802. The first-order valence-electron chi connectivity index (χ1n) is 8.62. The number of ether oxygens (including phenoxy) is 3. The summed E-state index contributed by atoms with van der Waals surface area (Å²) in [5, 5.41) is 0.515. The summed E-state index contributed by atoms with van der Waals surface area (Å²) in [6, 6.07) is 12.7. The van der Waals surface area contributed by atoms with Gasteiger partial charge in [-0.15, -0.1) is 0 Å². The van der Waals surface area contributed by atoms with E-state index in [1.54, 1.807) is 30.4 Å². The fourth-order valence-electron chi connectivity index (χ4n) is 2.58. The van der Waals surface area contributed by atoms with Gasteiger partial charge in [-0.05, 0) is 48.0 Å². The zero-order chi connectivity index (χ0) is 19.1. The molecule has 0 atom stereocenters. The molecule has 0 unspecified atom stereocenters. The van der Waals surface area contributed by atoms with Gasteiger partial charge in [-0.25, -0.2) is 0 Å². The van der Waals surface area contributed by atoms with E-state index in [0.29, 0.717) is 42.8 Å². The highest BCUT2D eigenvalue weighted by Gasteiger charge is 2.16. The fraction of sp³-hybridized carbons (Fsp3) is 0.300. The highest BCUT2D eigenvalue weighted by atomic mass is 35.5. The minimum atomic E-state index is -0.0275. The van der Waals surface area contributed by atoms with Crippen LogP contribution >= 0.6 is 11.6 Å². The minimum Gasteiger partial charge on any atom is -0.495 e. The van der Waals surface area contributed by atoms with E-state index in [0.717, 1.165) is 11.3 Å². The molecule has 3 rings (SSSR count). The molecule has 0 saturated carbocycles. The van der Waals surface area contributed by atoms with Gasteiger partial charge >= 0.3 is 0 Å². The molecule has 1 aliphatic rings. The average molecular weight is 389 g/mol. The molecule has 2 aromatic carbocycles. The Morgan fingerprint density at radius 1 is 1.22 bits per heavy atom. The van der Waals surface area contributed by atoms with E-state index in [1.165, 1.54) is 0 Å². The molecule has 1 amide bonds. The fourth-order valence-corrected chi connectivity index (χ4v) is 2.84. The standard InChI is InChI=1S/C20H21ClN2O4/c1-25-19-7-4-16(12-18(19)21)22-13-15-2-5-17(6-3-15)27-14-20(24)23-8-10-26-11-9-23/h2-7,12-13H,8-11,14H2,1H3.